The zero-order valence-electron chi connectivity index (χ0n) is 13.9. The van der Waals surface area contributed by atoms with Gasteiger partial charge in [0.15, 0.2) is 5.76 Å². The summed E-state index contributed by atoms with van der Waals surface area (Å²) in [7, 11) is 0. The van der Waals surface area contributed by atoms with Gasteiger partial charge in [-0.1, -0.05) is 65.3 Å². The highest BCUT2D eigenvalue weighted by atomic mass is 16.5. The normalized spacial score (nSPS) is 10.6. The van der Waals surface area contributed by atoms with Crippen LogP contribution in [0.4, 0.5) is 0 Å². The van der Waals surface area contributed by atoms with E-state index >= 15 is 0 Å². The number of carbonyl (C=O) groups is 1. The molecule has 0 unspecified atom stereocenters. The van der Waals surface area contributed by atoms with Gasteiger partial charge in [-0.05, 0) is 19.4 Å². The maximum atomic E-state index is 12.9. The summed E-state index contributed by atoms with van der Waals surface area (Å²) < 4.78 is 5.36. The number of benzene rings is 2. The lowest BCUT2D eigenvalue weighted by molar-refractivity contribution is 0.0753. The Labute approximate surface area is 141 Å². The van der Waals surface area contributed by atoms with Crippen molar-refractivity contribution in [2.24, 2.45) is 0 Å². The summed E-state index contributed by atoms with van der Waals surface area (Å²) in [6, 6.07) is 17.8. The van der Waals surface area contributed by atoms with E-state index in [0.717, 1.165) is 16.7 Å². The topological polar surface area (TPSA) is 46.3 Å². The van der Waals surface area contributed by atoms with Crippen LogP contribution >= 0.6 is 0 Å². The van der Waals surface area contributed by atoms with Gasteiger partial charge in [-0.3, -0.25) is 4.79 Å². The quantitative estimate of drug-likeness (QED) is 0.703. The Kier molecular flexibility index (Phi) is 4.75. The van der Waals surface area contributed by atoms with Gasteiger partial charge in [0.2, 0.25) is 0 Å². The summed E-state index contributed by atoms with van der Waals surface area (Å²) in [6.07, 6.45) is 1.51. The first-order chi connectivity index (χ1) is 11.7. The zero-order chi connectivity index (χ0) is 16.9. The molecule has 1 amide bonds. The minimum atomic E-state index is -0.0711. The molecule has 1 aromatic heterocycles. The van der Waals surface area contributed by atoms with Gasteiger partial charge in [-0.2, -0.15) is 0 Å². The maximum Gasteiger partial charge on any atom is 0.259 e. The largest absolute Gasteiger partial charge is 0.355 e. The fourth-order valence-corrected chi connectivity index (χ4v) is 2.61. The molecule has 0 aliphatic heterocycles. The van der Waals surface area contributed by atoms with E-state index in [1.807, 2.05) is 68.4 Å². The standard InChI is InChI=1S/C20H20N2O2/c1-3-22(14-16-7-5-4-6-8-16)20(23)18-13-21-24-19(18)17-11-9-15(2)10-12-17/h4-13H,3,14H2,1-2H3. The molecule has 1 heterocycles. The van der Waals surface area contributed by atoms with Crippen molar-refractivity contribution in [3.63, 3.8) is 0 Å². The lowest BCUT2D eigenvalue weighted by atomic mass is 10.1. The third-order valence-corrected chi connectivity index (χ3v) is 4.00. The molecule has 4 nitrogen and oxygen atoms in total. The van der Waals surface area contributed by atoms with E-state index in [4.69, 9.17) is 4.52 Å². The second kappa shape index (κ2) is 7.13. The Hall–Kier alpha value is -2.88. The first kappa shape index (κ1) is 16.0. The van der Waals surface area contributed by atoms with Crippen LogP contribution in [-0.4, -0.2) is 22.5 Å². The average molecular weight is 320 g/mol. The van der Waals surface area contributed by atoms with E-state index in [0.29, 0.717) is 24.4 Å². The van der Waals surface area contributed by atoms with E-state index in [2.05, 4.69) is 5.16 Å². The van der Waals surface area contributed by atoms with Gasteiger partial charge in [-0.15, -0.1) is 0 Å². The number of aryl methyl sites for hydroxylation is 1. The summed E-state index contributed by atoms with van der Waals surface area (Å²) >= 11 is 0. The van der Waals surface area contributed by atoms with Crippen molar-refractivity contribution in [3.8, 4) is 11.3 Å². The van der Waals surface area contributed by atoms with Gasteiger partial charge in [0.25, 0.3) is 5.91 Å². The number of nitrogens with zero attached hydrogens (tertiary/aromatic N) is 2. The van der Waals surface area contributed by atoms with Gasteiger partial charge in [0, 0.05) is 18.7 Å². The van der Waals surface area contributed by atoms with Crippen LogP contribution in [0.25, 0.3) is 11.3 Å². The van der Waals surface area contributed by atoms with Gasteiger partial charge >= 0.3 is 0 Å². The van der Waals surface area contributed by atoms with Crippen molar-refractivity contribution >= 4 is 5.91 Å². The molecule has 122 valence electrons. The van der Waals surface area contributed by atoms with Crippen molar-refractivity contribution in [2.75, 3.05) is 6.54 Å². The highest BCUT2D eigenvalue weighted by molar-refractivity contribution is 5.99. The predicted octanol–water partition coefficient (Wildman–Crippen LogP) is 4.31. The van der Waals surface area contributed by atoms with E-state index in [1.165, 1.54) is 6.20 Å². The molecule has 0 fully saturated rings. The minimum absolute atomic E-state index is 0.0711. The lowest BCUT2D eigenvalue weighted by Crippen LogP contribution is -2.30. The van der Waals surface area contributed by atoms with Crippen LogP contribution in [0.15, 0.2) is 65.3 Å². The Morgan fingerprint density at radius 1 is 1.08 bits per heavy atom. The molecular weight excluding hydrogens is 300 g/mol. The molecule has 0 radical (unpaired) electrons. The van der Waals surface area contributed by atoms with Gasteiger partial charge in [-0.25, -0.2) is 0 Å². The van der Waals surface area contributed by atoms with Crippen LogP contribution in [0.5, 0.6) is 0 Å². The summed E-state index contributed by atoms with van der Waals surface area (Å²) in [5.41, 5.74) is 3.61. The van der Waals surface area contributed by atoms with Crippen molar-refractivity contribution in [1.82, 2.24) is 10.1 Å². The molecule has 3 aromatic rings. The Bertz CT molecular complexity index is 807. The maximum absolute atomic E-state index is 12.9. The SMILES string of the molecule is CCN(Cc1ccccc1)C(=O)c1cnoc1-c1ccc(C)cc1. The third kappa shape index (κ3) is 3.38. The number of hydrogen-bond donors (Lipinski definition) is 0. The van der Waals surface area contributed by atoms with Crippen molar-refractivity contribution in [1.29, 1.82) is 0 Å². The summed E-state index contributed by atoms with van der Waals surface area (Å²) in [5.74, 6) is 0.449. The fraction of sp³-hybridized carbons (Fsp3) is 0.200. The molecule has 0 aliphatic carbocycles. The first-order valence-corrected chi connectivity index (χ1v) is 8.04. The summed E-state index contributed by atoms with van der Waals surface area (Å²) in [4.78, 5) is 14.7. The first-order valence-electron chi connectivity index (χ1n) is 8.04. The molecule has 2 aromatic carbocycles. The van der Waals surface area contributed by atoms with Gasteiger partial charge in [0.05, 0.1) is 6.20 Å². The molecule has 0 saturated carbocycles. The van der Waals surface area contributed by atoms with Crippen molar-refractivity contribution in [2.45, 2.75) is 20.4 Å². The van der Waals surface area contributed by atoms with Crippen LogP contribution in [-0.2, 0) is 6.54 Å². The third-order valence-electron chi connectivity index (χ3n) is 4.00. The average Bonchev–Trinajstić information content (AvgIpc) is 3.10. The minimum Gasteiger partial charge on any atom is -0.355 e. The number of carbonyl (C=O) groups excluding carboxylic acids is 1. The highest BCUT2D eigenvalue weighted by Crippen LogP contribution is 2.25. The monoisotopic (exact) mass is 320 g/mol. The molecular formula is C20H20N2O2. The Morgan fingerprint density at radius 3 is 2.46 bits per heavy atom. The summed E-state index contributed by atoms with van der Waals surface area (Å²) in [6.45, 7) is 5.18. The van der Waals surface area contributed by atoms with E-state index < -0.39 is 0 Å². The van der Waals surface area contributed by atoms with Crippen LogP contribution < -0.4 is 0 Å². The second-order valence-electron chi connectivity index (χ2n) is 5.74. The molecule has 0 spiro atoms. The van der Waals surface area contributed by atoms with Gasteiger partial charge in [0.1, 0.15) is 5.56 Å². The fourth-order valence-electron chi connectivity index (χ4n) is 2.61. The van der Waals surface area contributed by atoms with E-state index in [9.17, 15) is 4.79 Å². The second-order valence-corrected chi connectivity index (χ2v) is 5.74. The van der Waals surface area contributed by atoms with Crippen molar-refractivity contribution in [3.05, 3.63) is 77.5 Å². The zero-order valence-corrected chi connectivity index (χ0v) is 13.9. The molecule has 4 heteroatoms. The smallest absolute Gasteiger partial charge is 0.259 e. The Morgan fingerprint density at radius 2 is 1.79 bits per heavy atom. The number of aromatic nitrogens is 1. The van der Waals surface area contributed by atoms with Crippen LogP contribution in [0.1, 0.15) is 28.4 Å². The number of hydrogen-bond acceptors (Lipinski definition) is 3. The molecule has 24 heavy (non-hydrogen) atoms. The number of amides is 1. The van der Waals surface area contributed by atoms with Crippen molar-refractivity contribution < 1.29 is 9.32 Å². The van der Waals surface area contributed by atoms with Crippen LogP contribution in [0.2, 0.25) is 0 Å². The molecule has 3 rings (SSSR count). The van der Waals surface area contributed by atoms with E-state index in [1.54, 1.807) is 4.90 Å². The number of rotatable bonds is 5. The molecule has 0 bridgehead atoms. The van der Waals surface area contributed by atoms with Gasteiger partial charge < -0.3 is 9.42 Å². The predicted molar refractivity (Wildman–Crippen MR) is 93.5 cm³/mol. The molecule has 0 atom stereocenters. The molecule has 0 aliphatic rings. The van der Waals surface area contributed by atoms with Crippen LogP contribution in [0.3, 0.4) is 0 Å². The summed E-state index contributed by atoms with van der Waals surface area (Å²) in [5, 5.41) is 3.84. The Balaban J connectivity index is 1.87. The molecule has 0 saturated heterocycles. The molecule has 0 N–H and O–H groups in total. The lowest BCUT2D eigenvalue weighted by Gasteiger charge is -2.20. The van der Waals surface area contributed by atoms with Crippen LogP contribution in [0, 0.1) is 6.92 Å². The van der Waals surface area contributed by atoms with E-state index in [-0.39, 0.29) is 5.91 Å². The highest BCUT2D eigenvalue weighted by Gasteiger charge is 2.22.